The minimum atomic E-state index is -2.21. The van der Waals surface area contributed by atoms with Crippen LogP contribution in [0.2, 0.25) is 18.1 Å². The van der Waals surface area contributed by atoms with Gasteiger partial charge in [0.05, 0.1) is 0 Å². The van der Waals surface area contributed by atoms with Crippen molar-refractivity contribution in [3.63, 3.8) is 0 Å². The van der Waals surface area contributed by atoms with Gasteiger partial charge in [-0.1, -0.05) is 0 Å². The van der Waals surface area contributed by atoms with Gasteiger partial charge >= 0.3 is 187 Å². The quantitative estimate of drug-likeness (QED) is 0.478. The summed E-state index contributed by atoms with van der Waals surface area (Å²) >= 11 is -0.0188. The Bertz CT molecular complexity index is 858. The van der Waals surface area contributed by atoms with Gasteiger partial charge in [-0.2, -0.15) is 0 Å². The van der Waals surface area contributed by atoms with Gasteiger partial charge in [0, 0.05) is 0 Å². The molecule has 162 valence electrons. The average Bonchev–Trinajstić information content (AvgIpc) is 2.70. The Morgan fingerprint density at radius 3 is 2.27 bits per heavy atom. The summed E-state index contributed by atoms with van der Waals surface area (Å²) in [5.41, 5.74) is 0. The number of quaternary nitrogens is 1. The zero-order valence-corrected chi connectivity index (χ0v) is 21.1. The molecule has 0 aliphatic carbocycles. The number of carbonyl (C=O) groups is 1. The first-order valence-corrected chi connectivity index (χ1v) is 15.1. The molecule has 1 N–H and O–H groups in total. The predicted molar refractivity (Wildman–Crippen MR) is 125 cm³/mol. The Morgan fingerprint density at radius 2 is 1.70 bits per heavy atom. The van der Waals surface area contributed by atoms with E-state index < -0.39 is 8.24 Å². The summed E-state index contributed by atoms with van der Waals surface area (Å²) in [4.78, 5) is 12.4. The van der Waals surface area contributed by atoms with E-state index in [0.29, 0.717) is 12.3 Å². The number of hydrogen-bond acceptors (Lipinski definition) is 3. The van der Waals surface area contributed by atoms with E-state index in [1.54, 1.807) is 0 Å². The number of para-hydroxylation sites is 1. The van der Waals surface area contributed by atoms with Crippen LogP contribution in [0.1, 0.15) is 20.8 Å². The fraction of sp³-hybridized carbons (Fsp3) is 0.435. The molecule has 1 aliphatic heterocycles. The molecule has 1 fully saturated rings. The monoisotopic (exact) mass is 492 g/mol. The van der Waals surface area contributed by atoms with E-state index in [9.17, 15) is 10.0 Å². The maximum absolute atomic E-state index is 14.2. The number of benzene rings is 2. The number of nitrogens with zero attached hydrogens (tertiary/aromatic N) is 1. The van der Waals surface area contributed by atoms with Crippen LogP contribution in [0.25, 0.3) is 0 Å². The van der Waals surface area contributed by atoms with Crippen LogP contribution in [0.4, 0.5) is 0 Å². The van der Waals surface area contributed by atoms with Crippen molar-refractivity contribution in [2.24, 2.45) is 0 Å². The van der Waals surface area contributed by atoms with Gasteiger partial charge in [0.2, 0.25) is 0 Å². The first-order chi connectivity index (χ1) is 14.0. The van der Waals surface area contributed by atoms with Crippen LogP contribution in [-0.2, 0) is 4.79 Å². The number of rotatable bonds is 7. The molecule has 1 amide bonds. The normalized spacial score (nSPS) is 24.1. The van der Waals surface area contributed by atoms with Crippen molar-refractivity contribution in [2.75, 3.05) is 13.2 Å². The SMILES string of the molecule is CC(C)(C)[Si](C)(C)[N+]1([O-])CC(NC(=O)COc2ccccc2)C1[Se]c1ccccc1. The molecule has 1 saturated heterocycles. The third kappa shape index (κ3) is 4.66. The second-order valence-corrected chi connectivity index (χ2v) is 17.3. The zero-order chi connectivity index (χ0) is 22.0. The van der Waals surface area contributed by atoms with Gasteiger partial charge in [-0.3, -0.25) is 0 Å². The zero-order valence-electron chi connectivity index (χ0n) is 18.4. The molecule has 0 bridgehead atoms. The standard InChI is InChI=1S/C23H32N2O3SeSi/c1-23(2,3)30(4,5)25(27)16-20(22(25)29-19-14-10-7-11-15-19)24-21(26)17-28-18-12-8-6-9-13-18/h6-15,20,22H,16-17H2,1-5H3,(H,24,26). The van der Waals surface area contributed by atoms with E-state index in [1.165, 1.54) is 4.46 Å². The van der Waals surface area contributed by atoms with Gasteiger partial charge in [0.1, 0.15) is 0 Å². The van der Waals surface area contributed by atoms with Gasteiger partial charge in [-0.15, -0.1) is 0 Å². The van der Waals surface area contributed by atoms with Gasteiger partial charge in [0.25, 0.3) is 0 Å². The third-order valence-electron chi connectivity index (χ3n) is 6.46. The summed E-state index contributed by atoms with van der Waals surface area (Å²) in [7, 11) is -2.21. The molecule has 3 atom stereocenters. The molecule has 0 saturated carbocycles. The molecule has 3 unspecified atom stereocenters. The number of hydrogen-bond donors (Lipinski definition) is 1. The van der Waals surface area contributed by atoms with Gasteiger partial charge in [-0.05, 0) is 0 Å². The minimum absolute atomic E-state index is 0.0188. The first kappa shape index (κ1) is 23.0. The molecule has 0 aromatic heterocycles. The van der Waals surface area contributed by atoms with Crippen molar-refractivity contribution in [2.45, 2.75) is 49.9 Å². The van der Waals surface area contributed by atoms with Crippen LogP contribution in [0.15, 0.2) is 60.7 Å². The molecule has 5 nitrogen and oxygen atoms in total. The van der Waals surface area contributed by atoms with Gasteiger partial charge < -0.3 is 0 Å². The second-order valence-electron chi connectivity index (χ2n) is 9.38. The molecule has 3 rings (SSSR count). The Kier molecular flexibility index (Phi) is 6.80. The Morgan fingerprint density at radius 1 is 1.13 bits per heavy atom. The van der Waals surface area contributed by atoms with Crippen LogP contribution < -0.4 is 14.5 Å². The molecule has 0 radical (unpaired) electrons. The van der Waals surface area contributed by atoms with E-state index in [-0.39, 0.29) is 47.8 Å². The van der Waals surface area contributed by atoms with Crippen LogP contribution in [0, 0.1) is 5.21 Å². The molecular formula is C23H32N2O3SeSi. The number of hydroxylamine groups is 2. The molecule has 1 aliphatic rings. The van der Waals surface area contributed by atoms with Gasteiger partial charge in [0.15, 0.2) is 0 Å². The summed E-state index contributed by atoms with van der Waals surface area (Å²) in [5, 5.41) is 17.2. The number of ether oxygens (including phenoxy) is 1. The third-order valence-corrected chi connectivity index (χ3v) is 16.0. The molecule has 2 aromatic carbocycles. The average molecular weight is 492 g/mol. The summed E-state index contributed by atoms with van der Waals surface area (Å²) in [6.45, 7) is 11.4. The second kappa shape index (κ2) is 8.85. The van der Waals surface area contributed by atoms with Crippen molar-refractivity contribution in [1.82, 2.24) is 5.32 Å². The van der Waals surface area contributed by atoms with Gasteiger partial charge in [-0.25, -0.2) is 0 Å². The molecule has 0 spiro atoms. The molecule has 2 aromatic rings. The van der Waals surface area contributed by atoms with Crippen molar-refractivity contribution >= 4 is 33.6 Å². The first-order valence-electron chi connectivity index (χ1n) is 10.3. The molecule has 1 heterocycles. The van der Waals surface area contributed by atoms with Crippen molar-refractivity contribution in [3.8, 4) is 5.75 Å². The fourth-order valence-corrected chi connectivity index (χ4v) is 10.6. The van der Waals surface area contributed by atoms with E-state index in [0.717, 1.165) is 0 Å². The summed E-state index contributed by atoms with van der Waals surface area (Å²) in [6.07, 6.45) is 0. The van der Waals surface area contributed by atoms with E-state index in [2.05, 4.69) is 51.3 Å². The molecule has 30 heavy (non-hydrogen) atoms. The molecule has 7 heteroatoms. The fourth-order valence-electron chi connectivity index (χ4n) is 3.59. The summed E-state index contributed by atoms with van der Waals surface area (Å²) in [5.74, 6) is 0.501. The van der Waals surface area contributed by atoms with Crippen LogP contribution in [0.3, 0.4) is 0 Å². The van der Waals surface area contributed by atoms with Crippen LogP contribution in [-0.4, -0.2) is 57.5 Å². The Labute approximate surface area is 187 Å². The van der Waals surface area contributed by atoms with E-state index >= 15 is 0 Å². The Hall–Kier alpha value is -1.63. The topological polar surface area (TPSA) is 61.4 Å². The van der Waals surface area contributed by atoms with Crippen LogP contribution in [0.5, 0.6) is 5.75 Å². The van der Waals surface area contributed by atoms with Crippen molar-refractivity contribution in [1.29, 1.82) is 0 Å². The van der Waals surface area contributed by atoms with Crippen LogP contribution >= 0.6 is 0 Å². The summed E-state index contributed by atoms with van der Waals surface area (Å²) in [6, 6.07) is 19.4. The van der Waals surface area contributed by atoms with E-state index in [4.69, 9.17) is 4.74 Å². The number of nitrogens with one attached hydrogen (secondary N) is 1. The number of amides is 1. The number of carbonyl (C=O) groups excluding carboxylic acids is 1. The van der Waals surface area contributed by atoms with Crippen molar-refractivity contribution < 1.29 is 13.8 Å². The predicted octanol–water partition coefficient (Wildman–Crippen LogP) is 3.24. The Balaban J connectivity index is 1.72. The summed E-state index contributed by atoms with van der Waals surface area (Å²) < 4.78 is 6.64. The van der Waals surface area contributed by atoms with Crippen molar-refractivity contribution in [3.05, 3.63) is 65.9 Å². The molecular weight excluding hydrogens is 459 g/mol. The van der Waals surface area contributed by atoms with E-state index in [1.807, 2.05) is 48.5 Å². The maximum atomic E-state index is 14.2.